The maximum atomic E-state index is 5.30. The molecule has 8 aromatic rings. The molecule has 2 nitrogen and oxygen atoms in total. The molecule has 57 heavy (non-hydrogen) atoms. The van der Waals surface area contributed by atoms with Crippen molar-refractivity contribution in [1.82, 2.24) is 9.97 Å². The Kier molecular flexibility index (Phi) is 8.98. The molecule has 10 rings (SSSR count). The molecule has 2 heteroatoms. The number of aryl methyl sites for hydroxylation is 1. The fourth-order valence-corrected chi connectivity index (χ4v) is 9.58. The van der Waals surface area contributed by atoms with E-state index in [2.05, 4.69) is 172 Å². The Morgan fingerprint density at radius 2 is 1.44 bits per heavy atom. The van der Waals surface area contributed by atoms with Crippen LogP contribution in [0.3, 0.4) is 0 Å². The molecule has 2 aliphatic rings. The van der Waals surface area contributed by atoms with E-state index in [0.29, 0.717) is 11.8 Å². The average molecular weight is 735 g/mol. The third kappa shape index (κ3) is 6.30. The molecular formula is C55H46N2. The number of hydrogen-bond donors (Lipinski definition) is 0. The molecule has 2 atom stereocenters. The number of fused-ring (bicyclic) bond motifs is 6. The van der Waals surface area contributed by atoms with E-state index in [1.807, 2.05) is 12.3 Å². The van der Waals surface area contributed by atoms with E-state index in [1.54, 1.807) is 0 Å². The van der Waals surface area contributed by atoms with Crippen molar-refractivity contribution >= 4 is 44.7 Å². The third-order valence-corrected chi connectivity index (χ3v) is 12.6. The lowest BCUT2D eigenvalue weighted by Gasteiger charge is -2.30. The molecule has 0 bridgehead atoms. The molecule has 0 radical (unpaired) electrons. The summed E-state index contributed by atoms with van der Waals surface area (Å²) in [5, 5.41) is 4.88. The summed E-state index contributed by atoms with van der Waals surface area (Å²) in [5.41, 5.74) is 19.0. The maximum absolute atomic E-state index is 5.30. The van der Waals surface area contributed by atoms with Gasteiger partial charge in [0.05, 0.1) is 16.7 Å². The van der Waals surface area contributed by atoms with E-state index >= 15 is 0 Å². The molecule has 276 valence electrons. The summed E-state index contributed by atoms with van der Waals surface area (Å²) in [6, 6.07) is 47.4. The van der Waals surface area contributed by atoms with Crippen LogP contribution < -0.4 is 0 Å². The largest absolute Gasteiger partial charge is 0.256 e. The van der Waals surface area contributed by atoms with Crippen molar-refractivity contribution in [1.29, 1.82) is 0 Å². The van der Waals surface area contributed by atoms with Crippen LogP contribution in [-0.4, -0.2) is 9.97 Å². The van der Waals surface area contributed by atoms with Gasteiger partial charge >= 0.3 is 0 Å². The number of aromatic nitrogens is 2. The summed E-state index contributed by atoms with van der Waals surface area (Å²) in [5.74, 6) is 0.692. The molecule has 2 heterocycles. The molecule has 0 fully saturated rings. The normalized spacial score (nSPS) is 17.2. The van der Waals surface area contributed by atoms with Gasteiger partial charge < -0.3 is 0 Å². The SMILES string of the molecule is CCc1c(-c2ccc(C3C=Cc4ccc(-c5ccc6ccc(-c7cccc8c7CC/C(C)=C\C=C8)nc6c5)cc4C3CC)cc2)ccc2ccc3cccnc3c12. The first-order valence-corrected chi connectivity index (χ1v) is 20.7. The molecule has 2 aliphatic carbocycles. The van der Waals surface area contributed by atoms with Crippen molar-refractivity contribution in [2.45, 2.75) is 58.3 Å². The first-order valence-electron chi connectivity index (χ1n) is 20.7. The number of rotatable bonds is 6. The Morgan fingerprint density at radius 3 is 2.32 bits per heavy atom. The molecule has 0 aliphatic heterocycles. The van der Waals surface area contributed by atoms with E-state index in [-0.39, 0.29) is 0 Å². The Bertz CT molecular complexity index is 2940. The van der Waals surface area contributed by atoms with Crippen molar-refractivity contribution in [2.24, 2.45) is 0 Å². The van der Waals surface area contributed by atoms with E-state index in [1.165, 1.54) is 82.9 Å². The van der Waals surface area contributed by atoms with Crippen LogP contribution in [-0.2, 0) is 12.8 Å². The van der Waals surface area contributed by atoms with E-state index in [9.17, 15) is 0 Å². The first kappa shape index (κ1) is 35.1. The van der Waals surface area contributed by atoms with Gasteiger partial charge in [0.15, 0.2) is 0 Å². The second kappa shape index (κ2) is 14.6. The summed E-state index contributed by atoms with van der Waals surface area (Å²) in [6.45, 7) is 6.82. The van der Waals surface area contributed by atoms with Gasteiger partial charge in [-0.15, -0.1) is 0 Å². The highest BCUT2D eigenvalue weighted by Gasteiger charge is 2.27. The van der Waals surface area contributed by atoms with Crippen molar-refractivity contribution < 1.29 is 0 Å². The second-order valence-corrected chi connectivity index (χ2v) is 15.9. The van der Waals surface area contributed by atoms with Crippen LogP contribution in [0.25, 0.3) is 78.2 Å². The van der Waals surface area contributed by atoms with Crippen molar-refractivity contribution in [3.8, 4) is 33.5 Å². The molecule has 6 aromatic carbocycles. The summed E-state index contributed by atoms with van der Waals surface area (Å²) in [6.07, 6.45) is 17.4. The van der Waals surface area contributed by atoms with Gasteiger partial charge in [0.25, 0.3) is 0 Å². The maximum Gasteiger partial charge on any atom is 0.0783 e. The molecule has 2 aromatic heterocycles. The highest BCUT2D eigenvalue weighted by Crippen LogP contribution is 2.45. The summed E-state index contributed by atoms with van der Waals surface area (Å²) >= 11 is 0. The van der Waals surface area contributed by atoms with Crippen LogP contribution in [0.1, 0.15) is 78.8 Å². The molecule has 0 amide bonds. The van der Waals surface area contributed by atoms with Gasteiger partial charge in [0, 0.05) is 33.8 Å². The monoisotopic (exact) mass is 734 g/mol. The van der Waals surface area contributed by atoms with Crippen molar-refractivity contribution in [3.05, 3.63) is 191 Å². The minimum atomic E-state index is 0.308. The van der Waals surface area contributed by atoms with E-state index in [4.69, 9.17) is 9.97 Å². The van der Waals surface area contributed by atoms with Crippen molar-refractivity contribution in [2.75, 3.05) is 0 Å². The lowest BCUT2D eigenvalue weighted by molar-refractivity contribution is 0.594. The van der Waals surface area contributed by atoms with Gasteiger partial charge in [-0.05, 0) is 118 Å². The van der Waals surface area contributed by atoms with E-state index in [0.717, 1.165) is 47.8 Å². The number of allylic oxidation sites excluding steroid dienone is 4. The summed E-state index contributed by atoms with van der Waals surface area (Å²) < 4.78 is 0. The number of benzene rings is 6. The van der Waals surface area contributed by atoms with Crippen LogP contribution >= 0.6 is 0 Å². The molecule has 0 saturated carbocycles. The van der Waals surface area contributed by atoms with Gasteiger partial charge in [-0.1, -0.05) is 159 Å². The number of nitrogens with zero attached hydrogens (tertiary/aromatic N) is 2. The highest BCUT2D eigenvalue weighted by atomic mass is 14.7. The predicted molar refractivity (Wildman–Crippen MR) is 243 cm³/mol. The molecular weight excluding hydrogens is 689 g/mol. The molecule has 0 saturated heterocycles. The zero-order chi connectivity index (χ0) is 38.5. The Hall–Kier alpha value is -6.38. The topological polar surface area (TPSA) is 25.8 Å². The number of pyridine rings is 2. The minimum Gasteiger partial charge on any atom is -0.256 e. The van der Waals surface area contributed by atoms with Gasteiger partial charge in [0.2, 0.25) is 0 Å². The number of hydrogen-bond acceptors (Lipinski definition) is 2. The van der Waals surface area contributed by atoms with Crippen LogP contribution in [0.4, 0.5) is 0 Å². The second-order valence-electron chi connectivity index (χ2n) is 15.9. The third-order valence-electron chi connectivity index (χ3n) is 12.6. The lowest BCUT2D eigenvalue weighted by Crippen LogP contribution is -2.13. The Morgan fingerprint density at radius 1 is 0.649 bits per heavy atom. The lowest BCUT2D eigenvalue weighted by atomic mass is 9.74. The van der Waals surface area contributed by atoms with Gasteiger partial charge in [-0.3, -0.25) is 4.98 Å². The van der Waals surface area contributed by atoms with Crippen LogP contribution in [0.5, 0.6) is 0 Å². The summed E-state index contributed by atoms with van der Waals surface area (Å²) in [4.78, 5) is 10.1. The zero-order valence-electron chi connectivity index (χ0n) is 33.0. The highest BCUT2D eigenvalue weighted by molar-refractivity contribution is 6.09. The average Bonchev–Trinajstić information content (AvgIpc) is 3.26. The fourth-order valence-electron chi connectivity index (χ4n) is 9.58. The van der Waals surface area contributed by atoms with Gasteiger partial charge in [-0.25, -0.2) is 4.98 Å². The van der Waals surface area contributed by atoms with Crippen LogP contribution in [0.2, 0.25) is 0 Å². The molecule has 0 spiro atoms. The smallest absolute Gasteiger partial charge is 0.0783 e. The fraction of sp³-hybridized carbons (Fsp3) is 0.164. The Labute approximate surface area is 336 Å². The van der Waals surface area contributed by atoms with E-state index < -0.39 is 0 Å². The van der Waals surface area contributed by atoms with Gasteiger partial charge in [0.1, 0.15) is 0 Å². The standard InChI is InChI=1S/C55H46N2/c1-4-45-47(37-15-17-38(18-16-37)48-30-26-41-21-22-42-12-8-32-56-55(42)54(41)46(48)5-2)29-25-39-19-23-43(33-51(39)45)44-24-20-40-27-31-52(57-53(40)34-44)50-13-7-11-36-10-6-9-35(3)14-28-49(36)50/h6-13,15-27,29-34,45,47H,4-5,14,28H2,1-3H3/b10-6?,35-9-. The Balaban J connectivity index is 0.961. The summed E-state index contributed by atoms with van der Waals surface area (Å²) in [7, 11) is 0. The van der Waals surface area contributed by atoms with Crippen LogP contribution in [0.15, 0.2) is 157 Å². The van der Waals surface area contributed by atoms with Gasteiger partial charge in [-0.2, -0.15) is 0 Å². The minimum absolute atomic E-state index is 0.308. The van der Waals surface area contributed by atoms with Crippen molar-refractivity contribution in [3.63, 3.8) is 0 Å². The molecule has 0 N–H and O–H groups in total. The van der Waals surface area contributed by atoms with Crippen LogP contribution in [0, 0.1) is 0 Å². The first-order chi connectivity index (χ1) is 28.1. The predicted octanol–water partition coefficient (Wildman–Crippen LogP) is 14.7. The quantitative estimate of drug-likeness (QED) is 0.159. The zero-order valence-corrected chi connectivity index (χ0v) is 33.0. The molecule has 2 unspecified atom stereocenters.